The number of benzene rings is 22. The van der Waals surface area contributed by atoms with E-state index in [2.05, 4.69) is 440 Å². The Morgan fingerprint density at radius 1 is 0.136 bits per heavy atom. The van der Waals surface area contributed by atoms with Gasteiger partial charge in [-0.15, -0.1) is 0 Å². The Labute approximate surface area is 687 Å². The lowest BCUT2D eigenvalue weighted by atomic mass is 9.79. The SMILES string of the molecule is CC1(C)c2cccc(-c3cccc(-c4c5ccccc5c(-c5ccc(-c6cc7ccccc7c7ccccc67)cc5)c5ccccc45)c3)c2-c2c1c1ccccc1c1ccccc21.CC1(C)c2cccc(-c3cccc(-c4c5ccccc5c(-c5ccc(-c6ccccc6)cc5)c5ccccc45)c3)c2-c2c1c1ccccc1c1ccccc21. The summed E-state index contributed by atoms with van der Waals surface area (Å²) < 4.78 is 0. The molecule has 22 aromatic carbocycles. The minimum Gasteiger partial charge on any atom is -0.0622 e. The van der Waals surface area contributed by atoms with E-state index in [0.717, 1.165) is 0 Å². The molecule has 0 atom stereocenters. The summed E-state index contributed by atoms with van der Waals surface area (Å²) in [5.74, 6) is 0. The van der Waals surface area contributed by atoms with E-state index in [9.17, 15) is 0 Å². The van der Waals surface area contributed by atoms with Crippen molar-refractivity contribution in [3.63, 3.8) is 0 Å². The van der Waals surface area contributed by atoms with Crippen molar-refractivity contribution in [2.45, 2.75) is 38.5 Å². The van der Waals surface area contributed by atoms with Crippen LogP contribution in [-0.4, -0.2) is 0 Å². The Morgan fingerprint density at radius 2 is 0.390 bits per heavy atom. The number of fused-ring (bicyclic) bond motifs is 23. The van der Waals surface area contributed by atoms with Gasteiger partial charge in [0.05, 0.1) is 0 Å². The second-order valence-corrected chi connectivity index (χ2v) is 33.4. The monoisotopic (exact) mass is 1500 g/mol. The molecule has 0 heterocycles. The van der Waals surface area contributed by atoms with Gasteiger partial charge in [0.25, 0.3) is 0 Å². The van der Waals surface area contributed by atoms with Crippen LogP contribution in [0.2, 0.25) is 0 Å². The largest absolute Gasteiger partial charge is 0.0622 e. The summed E-state index contributed by atoms with van der Waals surface area (Å²) in [5.41, 5.74) is 30.8. The average Bonchev–Trinajstić information content (AvgIpc) is 1.61. The highest BCUT2D eigenvalue weighted by atomic mass is 14.4. The van der Waals surface area contributed by atoms with Crippen molar-refractivity contribution < 1.29 is 0 Å². The molecule has 0 heteroatoms. The van der Waals surface area contributed by atoms with Gasteiger partial charge in [-0.1, -0.05) is 422 Å². The zero-order valence-electron chi connectivity index (χ0n) is 66.3. The molecule has 0 unspecified atom stereocenters. The highest BCUT2D eigenvalue weighted by Gasteiger charge is 2.42. The first-order valence-electron chi connectivity index (χ1n) is 41.5. The molecule has 0 nitrogen and oxygen atoms in total. The second-order valence-electron chi connectivity index (χ2n) is 33.4. The maximum Gasteiger partial charge on any atom is 0.0165 e. The molecular formula is C118H80. The first-order valence-corrected chi connectivity index (χ1v) is 41.5. The van der Waals surface area contributed by atoms with Gasteiger partial charge >= 0.3 is 0 Å². The molecule has 0 N–H and O–H groups in total. The van der Waals surface area contributed by atoms with Crippen LogP contribution in [0.1, 0.15) is 49.9 Å². The van der Waals surface area contributed by atoms with Crippen molar-refractivity contribution in [2.75, 3.05) is 0 Å². The standard InChI is InChI=1S/C63H42.C55H38/c1-63(2)57-32-16-31-45(60(57)61-50-25-9-7-22-47(50)48-23-8-14-30-55(48)62(61)63)41-18-15-19-43(37-41)59-53-28-12-10-26-51(53)58(52-27-11-13-29-54(52)59)40-35-33-39(34-36-40)56-38-42-17-3-4-20-44(42)46-21-5-6-24-49(46)56;1-55(2)49-29-15-28-40(52(49)53-43-22-8-6-20-41(43)42-21-7-13-27-48(42)54(53)55)38-18-14-19-39(34-38)51-46-25-11-9-23-44(46)50(45-24-10-12-26-47(45)51)37-32-30-36(31-33-37)35-16-4-3-5-17-35/h3-38H,1-2H3;3-34H,1-2H3. The fourth-order valence-corrected chi connectivity index (χ4v) is 21.3. The minimum absolute atomic E-state index is 0.149. The molecule has 2 aliphatic rings. The fraction of sp³-hybridized carbons (Fsp3) is 0.0508. The Kier molecular flexibility index (Phi) is 15.8. The minimum atomic E-state index is -0.161. The smallest absolute Gasteiger partial charge is 0.0165 e. The lowest BCUT2D eigenvalue weighted by Gasteiger charge is -2.24. The second kappa shape index (κ2) is 27.0. The third-order valence-electron chi connectivity index (χ3n) is 26.4. The topological polar surface area (TPSA) is 0 Å². The Morgan fingerprint density at radius 3 is 0.780 bits per heavy atom. The normalized spacial score (nSPS) is 13.1. The van der Waals surface area contributed by atoms with E-state index in [4.69, 9.17) is 0 Å². The Hall–Kier alpha value is -14.6. The molecule has 2 aliphatic carbocycles. The van der Waals surface area contributed by atoms with Crippen LogP contribution in [-0.2, 0) is 10.8 Å². The molecule has 118 heavy (non-hydrogen) atoms. The van der Waals surface area contributed by atoms with Crippen LogP contribution >= 0.6 is 0 Å². The van der Waals surface area contributed by atoms with Crippen LogP contribution in [0.5, 0.6) is 0 Å². The average molecular weight is 1500 g/mol. The lowest BCUT2D eigenvalue weighted by molar-refractivity contribution is 0.666. The molecule has 0 radical (unpaired) electrons. The molecule has 22 aromatic rings. The van der Waals surface area contributed by atoms with E-state index < -0.39 is 0 Å². The van der Waals surface area contributed by atoms with Gasteiger partial charge in [0, 0.05) is 10.8 Å². The van der Waals surface area contributed by atoms with Crippen molar-refractivity contribution in [1.82, 2.24) is 0 Å². The molecule has 552 valence electrons. The molecule has 0 saturated heterocycles. The summed E-state index contributed by atoms with van der Waals surface area (Å²) in [5, 5.41) is 25.9. The molecule has 24 rings (SSSR count). The van der Waals surface area contributed by atoms with Crippen molar-refractivity contribution in [2.24, 2.45) is 0 Å². The van der Waals surface area contributed by atoms with E-state index in [1.807, 2.05) is 0 Å². The summed E-state index contributed by atoms with van der Waals surface area (Å²) in [7, 11) is 0. The van der Waals surface area contributed by atoms with E-state index in [1.165, 1.54) is 241 Å². The van der Waals surface area contributed by atoms with Crippen molar-refractivity contribution in [1.29, 1.82) is 0 Å². The lowest BCUT2D eigenvalue weighted by Crippen LogP contribution is -2.15. The quantitative estimate of drug-likeness (QED) is 0.105. The van der Waals surface area contributed by atoms with E-state index in [1.54, 1.807) is 0 Å². The predicted octanol–water partition coefficient (Wildman–Crippen LogP) is 32.9. The van der Waals surface area contributed by atoms with Gasteiger partial charge in [-0.05, 0) is 259 Å². The summed E-state index contributed by atoms with van der Waals surface area (Å²) in [6.07, 6.45) is 0. The molecule has 0 aliphatic heterocycles. The zero-order chi connectivity index (χ0) is 78.5. The van der Waals surface area contributed by atoms with E-state index in [0.29, 0.717) is 0 Å². The zero-order valence-corrected chi connectivity index (χ0v) is 66.3. The van der Waals surface area contributed by atoms with Gasteiger partial charge in [0.15, 0.2) is 0 Å². The summed E-state index contributed by atoms with van der Waals surface area (Å²) in [6, 6.07) is 153. The Bertz CT molecular complexity index is 7830. The van der Waals surface area contributed by atoms with Crippen LogP contribution in [0, 0.1) is 0 Å². The fourth-order valence-electron chi connectivity index (χ4n) is 21.3. The van der Waals surface area contributed by atoms with Crippen molar-refractivity contribution in [3.05, 3.63) is 435 Å². The van der Waals surface area contributed by atoms with Gasteiger partial charge in [0.1, 0.15) is 0 Å². The highest BCUT2D eigenvalue weighted by molar-refractivity contribution is 6.26. The van der Waals surface area contributed by atoms with E-state index >= 15 is 0 Å². The number of hydrogen-bond donors (Lipinski definition) is 0. The summed E-state index contributed by atoms with van der Waals surface area (Å²) in [6.45, 7) is 9.65. The molecule has 0 bridgehead atoms. The predicted molar refractivity (Wildman–Crippen MR) is 507 cm³/mol. The molecule has 0 amide bonds. The van der Waals surface area contributed by atoms with Crippen LogP contribution in [0.15, 0.2) is 413 Å². The van der Waals surface area contributed by atoms with Gasteiger partial charge < -0.3 is 0 Å². The van der Waals surface area contributed by atoms with E-state index in [-0.39, 0.29) is 10.8 Å². The van der Waals surface area contributed by atoms with Crippen LogP contribution in [0.3, 0.4) is 0 Å². The van der Waals surface area contributed by atoms with Gasteiger partial charge in [0.2, 0.25) is 0 Å². The van der Waals surface area contributed by atoms with Crippen molar-refractivity contribution in [3.8, 4) is 111 Å². The van der Waals surface area contributed by atoms with Crippen LogP contribution in [0.25, 0.3) is 219 Å². The first kappa shape index (κ1) is 69.0. The van der Waals surface area contributed by atoms with Gasteiger partial charge in [-0.2, -0.15) is 0 Å². The van der Waals surface area contributed by atoms with Gasteiger partial charge in [-0.25, -0.2) is 0 Å². The molecule has 0 saturated carbocycles. The number of hydrogen-bond acceptors (Lipinski definition) is 0. The van der Waals surface area contributed by atoms with Gasteiger partial charge in [-0.3, -0.25) is 0 Å². The number of rotatable bonds is 8. The molecule has 0 aromatic heterocycles. The molecule has 0 fully saturated rings. The highest BCUT2D eigenvalue weighted by Crippen LogP contribution is 2.60. The Balaban J connectivity index is 0.000000140. The summed E-state index contributed by atoms with van der Waals surface area (Å²) in [4.78, 5) is 0. The van der Waals surface area contributed by atoms with Crippen molar-refractivity contribution >= 4 is 108 Å². The van der Waals surface area contributed by atoms with Crippen LogP contribution in [0.4, 0.5) is 0 Å². The molecular weight excluding hydrogens is 1420 g/mol. The maximum atomic E-state index is 2.44. The maximum absolute atomic E-state index is 2.44. The summed E-state index contributed by atoms with van der Waals surface area (Å²) >= 11 is 0. The molecule has 0 spiro atoms. The third kappa shape index (κ3) is 10.6. The van der Waals surface area contributed by atoms with Crippen LogP contribution < -0.4 is 0 Å². The first-order chi connectivity index (χ1) is 58.1. The third-order valence-corrected chi connectivity index (χ3v) is 26.4.